The van der Waals surface area contributed by atoms with E-state index in [1.54, 1.807) is 0 Å². The van der Waals surface area contributed by atoms with E-state index in [0.29, 0.717) is 26.1 Å². The van der Waals surface area contributed by atoms with Crippen LogP contribution in [-0.4, -0.2) is 45.7 Å². The van der Waals surface area contributed by atoms with Crippen LogP contribution in [0, 0.1) is 5.92 Å². The van der Waals surface area contributed by atoms with E-state index in [9.17, 15) is 37.5 Å². The third-order valence-corrected chi connectivity index (χ3v) is 10.9. The Morgan fingerprint density at radius 1 is 0.936 bits per heavy atom. The highest BCUT2D eigenvalue weighted by atomic mass is 32.2. The van der Waals surface area contributed by atoms with Gasteiger partial charge in [-0.3, -0.25) is 23.7 Å². The zero-order valence-corrected chi connectivity index (χ0v) is 26.8. The molecule has 47 heavy (non-hydrogen) atoms. The lowest BCUT2D eigenvalue weighted by Gasteiger charge is -2.31. The Kier molecular flexibility index (Phi) is 8.66. The third kappa shape index (κ3) is 5.91. The molecule has 4 aromatic rings. The van der Waals surface area contributed by atoms with Crippen LogP contribution in [0.15, 0.2) is 82.6 Å². The molecule has 2 N–H and O–H groups in total. The van der Waals surface area contributed by atoms with E-state index < -0.39 is 63.7 Å². The minimum Gasteiger partial charge on any atom is -0.508 e. The number of phenols is 1. The molecular weight excluding hydrogens is 654 g/mol. The minimum absolute atomic E-state index is 0.0101. The Bertz CT molecular complexity index is 1900. The van der Waals surface area contributed by atoms with E-state index in [0.717, 1.165) is 54.0 Å². The molecule has 244 valence electrons. The summed E-state index contributed by atoms with van der Waals surface area (Å²) >= 11 is 1.77. The smallest absolute Gasteiger partial charge is 0.418 e. The summed E-state index contributed by atoms with van der Waals surface area (Å²) in [5, 5.41) is 11.4. The number of carbonyl (C=O) groups is 3. The van der Waals surface area contributed by atoms with Crippen molar-refractivity contribution >= 4 is 57.9 Å². The number of anilines is 3. The molecule has 3 amide bonds. The molecule has 1 fully saturated rings. The highest BCUT2D eigenvalue weighted by Crippen LogP contribution is 2.54. The number of hydrogen-bond acceptors (Lipinski definition) is 8. The van der Waals surface area contributed by atoms with Crippen LogP contribution in [-0.2, 0) is 27.1 Å². The number of aromatic hydroxyl groups is 1. The van der Waals surface area contributed by atoms with Crippen molar-refractivity contribution in [3.8, 4) is 5.75 Å². The predicted octanol–water partition coefficient (Wildman–Crippen LogP) is 5.91. The lowest BCUT2D eigenvalue weighted by atomic mass is 9.83. The van der Waals surface area contributed by atoms with E-state index >= 15 is 0 Å². The summed E-state index contributed by atoms with van der Waals surface area (Å²) in [6.07, 6.45) is -4.82. The van der Waals surface area contributed by atoms with Crippen molar-refractivity contribution in [3.63, 3.8) is 0 Å². The largest absolute Gasteiger partial charge is 0.508 e. The monoisotopic (exact) mass is 682 g/mol. The number of hydrogen-bond donors (Lipinski definition) is 2. The number of carbonyl (C=O) groups excluding carboxylic acids is 3. The van der Waals surface area contributed by atoms with Crippen LogP contribution in [0.5, 0.6) is 5.75 Å². The average molecular weight is 683 g/mol. The highest BCUT2D eigenvalue weighted by Gasteiger charge is 2.57. The maximum absolute atomic E-state index is 14.1. The van der Waals surface area contributed by atoms with Gasteiger partial charge < -0.3 is 15.3 Å². The Balaban J connectivity index is 1.43. The predicted molar refractivity (Wildman–Crippen MR) is 174 cm³/mol. The third-order valence-electron chi connectivity index (χ3n) is 8.33. The molecule has 2 aliphatic heterocycles. The number of para-hydroxylation sites is 1. The molecule has 0 radical (unpaired) electrons. The number of alkyl halides is 3. The number of phenolic OH excluding ortho intramolecular Hbond substituents is 1. The van der Waals surface area contributed by atoms with E-state index in [2.05, 4.69) is 10.2 Å². The van der Waals surface area contributed by atoms with E-state index in [1.807, 2.05) is 38.1 Å². The first kappa shape index (κ1) is 32.4. The van der Waals surface area contributed by atoms with E-state index in [4.69, 9.17) is 0 Å². The fourth-order valence-corrected chi connectivity index (χ4v) is 8.90. The fraction of sp³-hybridized carbons (Fsp3) is 0.273. The van der Waals surface area contributed by atoms with Gasteiger partial charge in [-0.25, -0.2) is 4.90 Å². The van der Waals surface area contributed by atoms with Crippen molar-refractivity contribution in [1.29, 1.82) is 0 Å². The van der Waals surface area contributed by atoms with Crippen molar-refractivity contribution in [3.05, 3.63) is 98.5 Å². The van der Waals surface area contributed by atoms with Crippen molar-refractivity contribution in [2.75, 3.05) is 28.2 Å². The number of thioether (sulfide) groups is 1. The summed E-state index contributed by atoms with van der Waals surface area (Å²) in [5.74, 6) is -4.08. The first-order valence-corrected chi connectivity index (χ1v) is 16.5. The average Bonchev–Trinajstić information content (AvgIpc) is 3.48. The van der Waals surface area contributed by atoms with Crippen LogP contribution in [0.25, 0.3) is 0 Å². The molecule has 0 spiro atoms. The van der Waals surface area contributed by atoms with Gasteiger partial charge in [-0.1, -0.05) is 47.4 Å². The van der Waals surface area contributed by atoms with Crippen LogP contribution in [0.4, 0.5) is 30.2 Å². The minimum atomic E-state index is -4.82. The number of amides is 3. The van der Waals surface area contributed by atoms with Crippen molar-refractivity contribution in [2.45, 2.75) is 42.8 Å². The number of rotatable bonds is 8. The van der Waals surface area contributed by atoms with Gasteiger partial charge in [-0.2, -0.15) is 13.2 Å². The number of nitrogens with one attached hydrogen (secondary N) is 1. The number of halogens is 3. The molecule has 2 aliphatic rings. The number of imide groups is 1. The molecule has 3 atom stereocenters. The van der Waals surface area contributed by atoms with Gasteiger partial charge in [0.1, 0.15) is 17.5 Å². The first-order valence-electron chi connectivity index (χ1n) is 14.8. The van der Waals surface area contributed by atoms with E-state index in [1.165, 1.54) is 41.0 Å². The van der Waals surface area contributed by atoms with Gasteiger partial charge in [-0.05, 0) is 67.9 Å². The number of thiazole rings is 1. The van der Waals surface area contributed by atoms with Crippen LogP contribution in [0.3, 0.4) is 0 Å². The van der Waals surface area contributed by atoms with Gasteiger partial charge in [-0.15, -0.1) is 0 Å². The van der Waals surface area contributed by atoms with Crippen molar-refractivity contribution in [2.24, 2.45) is 5.92 Å². The molecule has 1 saturated heterocycles. The van der Waals surface area contributed by atoms with Crippen LogP contribution < -0.4 is 20.0 Å². The quantitative estimate of drug-likeness (QED) is 0.176. The molecule has 0 bridgehead atoms. The lowest BCUT2D eigenvalue weighted by molar-refractivity contribution is -0.137. The highest BCUT2D eigenvalue weighted by molar-refractivity contribution is 8.00. The second-order valence-corrected chi connectivity index (χ2v) is 13.2. The van der Waals surface area contributed by atoms with Crippen LogP contribution in [0.2, 0.25) is 0 Å². The zero-order valence-electron chi connectivity index (χ0n) is 25.2. The molecule has 3 heterocycles. The van der Waals surface area contributed by atoms with Crippen LogP contribution >= 0.6 is 23.1 Å². The Labute approximate surface area is 275 Å². The van der Waals surface area contributed by atoms with Crippen LogP contribution in [0.1, 0.15) is 35.8 Å². The number of fused-ring (bicyclic) bond motifs is 2. The Morgan fingerprint density at radius 3 is 2.23 bits per heavy atom. The molecule has 9 nitrogen and oxygen atoms in total. The fourth-order valence-electron chi connectivity index (χ4n) is 6.13. The van der Waals surface area contributed by atoms with E-state index in [-0.39, 0.29) is 5.75 Å². The summed E-state index contributed by atoms with van der Waals surface area (Å²) in [4.78, 5) is 57.3. The van der Waals surface area contributed by atoms with Crippen molar-refractivity contribution in [1.82, 2.24) is 4.57 Å². The number of benzene rings is 3. The molecule has 2 unspecified atom stereocenters. The standard InChI is InChI=1S/C33H29F3N4O5S2/c1-3-38(4-2)20-13-9-18(10-14-20)25-26-27(30(44)40(29(26)43)23-8-6-5-7-22(23)33(34,35)36)46-31-28(25)47-32(45)39(31)17-24(42)37-19-11-15-21(41)16-12-19/h5-16,25-27,41H,3-4,17H2,1-2H3,(H,37,42)/t25-,26?,27?/m1/s1. The number of nitrogens with zero attached hydrogens (tertiary/aromatic N) is 3. The molecule has 14 heteroatoms. The van der Waals surface area contributed by atoms with Gasteiger partial charge in [0.15, 0.2) is 0 Å². The maximum atomic E-state index is 14.1. The molecule has 0 aliphatic carbocycles. The topological polar surface area (TPSA) is 112 Å². The van der Waals surface area contributed by atoms with Gasteiger partial charge >= 0.3 is 11.0 Å². The van der Waals surface area contributed by atoms with Crippen molar-refractivity contribution < 1.29 is 32.7 Å². The lowest BCUT2D eigenvalue weighted by Crippen LogP contribution is -2.33. The van der Waals surface area contributed by atoms with Gasteiger partial charge in [0.05, 0.1) is 22.2 Å². The zero-order chi connectivity index (χ0) is 33.6. The Morgan fingerprint density at radius 2 is 1.60 bits per heavy atom. The van der Waals surface area contributed by atoms with Gasteiger partial charge in [0.2, 0.25) is 17.7 Å². The molecule has 0 saturated carbocycles. The summed E-state index contributed by atoms with van der Waals surface area (Å²) in [5.41, 5.74) is 0.274. The molecule has 1 aromatic heterocycles. The summed E-state index contributed by atoms with van der Waals surface area (Å²) in [6.45, 7) is 5.12. The summed E-state index contributed by atoms with van der Waals surface area (Å²) in [7, 11) is 0. The number of aromatic nitrogens is 1. The molecule has 6 rings (SSSR count). The second kappa shape index (κ2) is 12.6. The molecular formula is C33H29F3N4O5S2. The second-order valence-electron chi connectivity index (χ2n) is 11.1. The maximum Gasteiger partial charge on any atom is 0.418 e. The summed E-state index contributed by atoms with van der Waals surface area (Å²) in [6, 6.07) is 17.6. The van der Waals surface area contributed by atoms with Gasteiger partial charge in [0, 0.05) is 35.3 Å². The normalized spacial score (nSPS) is 19.0. The first-order chi connectivity index (χ1) is 22.4. The SMILES string of the molecule is CCN(CC)c1ccc([C@H]2c3sc(=O)n(CC(=O)Nc4ccc(O)cc4)c3SC3C(=O)N(c4ccccc4C(F)(F)F)C(=O)C32)cc1. The van der Waals surface area contributed by atoms with Gasteiger partial charge in [0.25, 0.3) is 0 Å². The molecule has 3 aromatic carbocycles. The Hall–Kier alpha value is -4.56. The summed E-state index contributed by atoms with van der Waals surface area (Å²) < 4.78 is 43.4.